The van der Waals surface area contributed by atoms with Crippen LogP contribution in [0.2, 0.25) is 0 Å². The minimum absolute atomic E-state index is 0. The highest BCUT2D eigenvalue weighted by Crippen LogP contribution is 2.58. The minimum Gasteiger partial charge on any atom is -0.496 e. The number of hydrogen-bond acceptors (Lipinski definition) is 6. The van der Waals surface area contributed by atoms with Crippen LogP contribution in [0, 0.1) is 0 Å². The van der Waals surface area contributed by atoms with Crippen LogP contribution in [-0.4, -0.2) is 42.7 Å². The molecule has 3 aromatic carbocycles. The van der Waals surface area contributed by atoms with Crippen LogP contribution in [0.3, 0.4) is 0 Å². The Labute approximate surface area is 236 Å². The number of alkyl halides is 2. The van der Waals surface area contributed by atoms with E-state index in [9.17, 15) is 0 Å². The topological polar surface area (TPSA) is 55.4 Å². The monoisotopic (exact) mass is 694 g/mol. The van der Waals surface area contributed by atoms with Crippen molar-refractivity contribution in [2.45, 2.75) is 2.97 Å². The van der Waals surface area contributed by atoms with E-state index >= 15 is 0 Å². The van der Waals surface area contributed by atoms with E-state index in [0.717, 1.165) is 5.56 Å². The molecule has 3 aromatic rings. The summed E-state index contributed by atoms with van der Waals surface area (Å²) in [6, 6.07) is 17.7. The summed E-state index contributed by atoms with van der Waals surface area (Å²) in [5.41, 5.74) is 2.64. The van der Waals surface area contributed by atoms with E-state index in [2.05, 4.69) is 53.2 Å². The molecular weight excluding hydrogens is 667 g/mol. The van der Waals surface area contributed by atoms with Crippen LogP contribution in [0.5, 0.6) is 34.5 Å². The molecule has 3 rings (SSSR count). The Hall–Kier alpha value is -1.67. The molecule has 192 valence electrons. The Balaban J connectivity index is 0.000000468. The maximum Gasteiger partial charge on any atom is 0.211 e. The molecule has 0 bridgehead atoms. The molecule has 0 aliphatic carbocycles. The third kappa shape index (κ3) is 7.42. The maximum atomic E-state index is 5.61. The van der Waals surface area contributed by atoms with Crippen molar-refractivity contribution in [2.24, 2.45) is 0 Å². The summed E-state index contributed by atoms with van der Waals surface area (Å²) in [4.78, 5) is 0. The Bertz CT molecular complexity index is 1040. The first-order valence-electron chi connectivity index (χ1n) is 10.1. The summed E-state index contributed by atoms with van der Waals surface area (Å²) in [7, 11) is 12.0. The molecule has 0 aliphatic heterocycles. The van der Waals surface area contributed by atoms with Gasteiger partial charge < -0.3 is 28.4 Å². The van der Waals surface area contributed by atoms with Crippen molar-refractivity contribution in [3.63, 3.8) is 0 Å². The van der Waals surface area contributed by atoms with Gasteiger partial charge in [0.2, 0.25) is 17.2 Å². The second-order valence-electron chi connectivity index (χ2n) is 6.73. The highest BCUT2D eigenvalue weighted by Gasteiger charge is 2.30. The zero-order valence-electron chi connectivity index (χ0n) is 20.4. The number of methoxy groups -OCH3 is 6. The van der Waals surface area contributed by atoms with Gasteiger partial charge in [0, 0.05) is 5.56 Å². The standard InChI is InChI=1S/C18H22O6.C7H7Br2P.BrH/c1-19-12-10-8-7-9-11(12)13-14(20-2)16(22-4)18(24-6)17(23-5)15(13)21-3;8-7(9,10)6-4-2-1-3-5-6;/h7-10H,1-6H3;1-5H,10H2;1H. The summed E-state index contributed by atoms with van der Waals surface area (Å²) in [6.07, 6.45) is 0. The largest absolute Gasteiger partial charge is 0.496 e. The van der Waals surface area contributed by atoms with Crippen LogP contribution < -0.4 is 28.4 Å². The molecule has 6 nitrogen and oxygen atoms in total. The number of hydrogen-bond donors (Lipinski definition) is 0. The second kappa shape index (κ2) is 14.8. The minimum atomic E-state index is -0.165. The fourth-order valence-corrected chi connectivity index (χ4v) is 4.06. The molecule has 0 aliphatic rings. The van der Waals surface area contributed by atoms with Gasteiger partial charge in [-0.15, -0.1) is 26.2 Å². The van der Waals surface area contributed by atoms with E-state index in [1.54, 1.807) is 21.3 Å². The van der Waals surface area contributed by atoms with E-state index in [4.69, 9.17) is 28.4 Å². The molecule has 0 spiro atoms. The predicted molar refractivity (Wildman–Crippen MR) is 157 cm³/mol. The lowest BCUT2D eigenvalue weighted by Crippen LogP contribution is -2.03. The number of para-hydroxylation sites is 1. The molecule has 0 N–H and O–H groups in total. The number of benzene rings is 3. The molecule has 0 radical (unpaired) electrons. The number of halogens is 3. The van der Waals surface area contributed by atoms with E-state index in [1.807, 2.05) is 42.5 Å². The van der Waals surface area contributed by atoms with Gasteiger partial charge >= 0.3 is 0 Å². The lowest BCUT2D eigenvalue weighted by atomic mass is 10.00. The molecule has 10 heteroatoms. The molecule has 0 saturated heterocycles. The van der Waals surface area contributed by atoms with E-state index in [1.165, 1.54) is 26.9 Å². The molecule has 0 saturated carbocycles. The van der Waals surface area contributed by atoms with Crippen molar-refractivity contribution in [3.8, 4) is 45.6 Å². The Morgan fingerprint density at radius 1 is 0.571 bits per heavy atom. The fraction of sp³-hybridized carbons (Fsp3) is 0.280. The van der Waals surface area contributed by atoms with Crippen molar-refractivity contribution in [3.05, 3.63) is 60.2 Å². The quantitative estimate of drug-likeness (QED) is 0.180. The molecular formula is C25H30Br3O6P. The van der Waals surface area contributed by atoms with Crippen molar-refractivity contribution in [1.29, 1.82) is 0 Å². The summed E-state index contributed by atoms with van der Waals surface area (Å²) in [5.74, 6) is 2.83. The van der Waals surface area contributed by atoms with E-state index in [-0.39, 0.29) is 20.0 Å². The highest BCUT2D eigenvalue weighted by molar-refractivity contribution is 9.26. The summed E-state index contributed by atoms with van der Waals surface area (Å²) in [5, 5.41) is 0. The fourth-order valence-electron chi connectivity index (χ4n) is 3.34. The van der Waals surface area contributed by atoms with Crippen LogP contribution in [0.25, 0.3) is 11.1 Å². The first kappa shape index (κ1) is 31.4. The van der Waals surface area contributed by atoms with Crippen molar-refractivity contribution < 1.29 is 28.4 Å². The van der Waals surface area contributed by atoms with Crippen LogP contribution in [0.15, 0.2) is 54.6 Å². The molecule has 1 atom stereocenters. The van der Waals surface area contributed by atoms with Crippen LogP contribution >= 0.6 is 58.1 Å². The molecule has 35 heavy (non-hydrogen) atoms. The van der Waals surface area contributed by atoms with Crippen molar-refractivity contribution in [2.75, 3.05) is 42.7 Å². The van der Waals surface area contributed by atoms with Crippen molar-refractivity contribution in [1.82, 2.24) is 0 Å². The highest BCUT2D eigenvalue weighted by atomic mass is 79.9. The number of rotatable bonds is 8. The molecule has 0 amide bonds. The average Bonchev–Trinajstić information content (AvgIpc) is 2.86. The molecule has 0 fully saturated rings. The Morgan fingerprint density at radius 3 is 1.34 bits per heavy atom. The van der Waals surface area contributed by atoms with E-state index in [0.29, 0.717) is 40.1 Å². The third-order valence-corrected chi connectivity index (χ3v) is 6.08. The zero-order chi connectivity index (χ0) is 25.3. The van der Waals surface area contributed by atoms with Gasteiger partial charge in [0.1, 0.15) is 8.72 Å². The third-order valence-electron chi connectivity index (χ3n) is 4.83. The SMILES string of the molecule is Br.COc1ccccc1-c1c(OC)c(OC)c(OC)c(OC)c1OC.PC(Br)(Br)c1ccccc1. The number of ether oxygens (including phenoxy) is 6. The van der Waals surface area contributed by atoms with Crippen LogP contribution in [-0.2, 0) is 2.97 Å². The smallest absolute Gasteiger partial charge is 0.211 e. The maximum absolute atomic E-state index is 5.61. The van der Waals surface area contributed by atoms with Gasteiger partial charge in [0.15, 0.2) is 11.5 Å². The lowest BCUT2D eigenvalue weighted by molar-refractivity contribution is 0.292. The predicted octanol–water partition coefficient (Wildman–Crippen LogP) is 7.44. The van der Waals surface area contributed by atoms with Gasteiger partial charge in [-0.25, -0.2) is 0 Å². The molecule has 1 unspecified atom stereocenters. The van der Waals surface area contributed by atoms with Crippen LogP contribution in [0.1, 0.15) is 5.56 Å². The Kier molecular flexibility index (Phi) is 13.2. The first-order valence-corrected chi connectivity index (χ1v) is 12.2. The Morgan fingerprint density at radius 2 is 0.971 bits per heavy atom. The van der Waals surface area contributed by atoms with Gasteiger partial charge in [-0.1, -0.05) is 80.4 Å². The lowest BCUT2D eigenvalue weighted by Gasteiger charge is -2.23. The van der Waals surface area contributed by atoms with Gasteiger partial charge in [0.05, 0.1) is 48.2 Å². The van der Waals surface area contributed by atoms with Crippen LogP contribution in [0.4, 0.5) is 0 Å². The zero-order valence-corrected chi connectivity index (χ0v) is 26.4. The van der Waals surface area contributed by atoms with Gasteiger partial charge in [0.25, 0.3) is 0 Å². The average molecular weight is 697 g/mol. The first-order chi connectivity index (χ1) is 16.3. The van der Waals surface area contributed by atoms with E-state index < -0.39 is 0 Å². The second-order valence-corrected chi connectivity index (χ2v) is 12.9. The van der Waals surface area contributed by atoms with Crippen molar-refractivity contribution >= 4 is 58.1 Å². The molecule has 0 aromatic heterocycles. The van der Waals surface area contributed by atoms with Gasteiger partial charge in [-0.3, -0.25) is 0 Å². The van der Waals surface area contributed by atoms with Gasteiger partial charge in [-0.2, -0.15) is 0 Å². The van der Waals surface area contributed by atoms with Gasteiger partial charge in [-0.05, 0) is 11.6 Å². The normalized spacial score (nSPS) is 10.2. The summed E-state index contributed by atoms with van der Waals surface area (Å²) < 4.78 is 33.0. The summed E-state index contributed by atoms with van der Waals surface area (Å²) >= 11 is 6.93. The molecule has 0 heterocycles. The summed E-state index contributed by atoms with van der Waals surface area (Å²) in [6.45, 7) is 0.